The number of fused-ring (bicyclic) bond motifs is 2. The molecule has 0 aliphatic carbocycles. The SMILES string of the molecule is O=c1/c(=C/c2cccc(Br)c2)sc2n1CN(c1ccc3c(c1)OCO3)CN=2. The zero-order valence-corrected chi connectivity index (χ0v) is 16.5. The highest BCUT2D eigenvalue weighted by atomic mass is 79.9. The molecule has 3 aromatic rings. The van der Waals surface area contributed by atoms with Gasteiger partial charge in [0.25, 0.3) is 5.56 Å². The second-order valence-electron chi connectivity index (χ2n) is 6.20. The third kappa shape index (κ3) is 3.04. The third-order valence-electron chi connectivity index (χ3n) is 4.44. The zero-order valence-electron chi connectivity index (χ0n) is 14.1. The first-order valence-corrected chi connectivity index (χ1v) is 9.94. The smallest absolute Gasteiger partial charge is 0.271 e. The van der Waals surface area contributed by atoms with Crippen LogP contribution < -0.4 is 29.3 Å². The molecule has 0 radical (unpaired) electrons. The molecule has 6 nitrogen and oxygen atoms in total. The molecule has 27 heavy (non-hydrogen) atoms. The van der Waals surface area contributed by atoms with Gasteiger partial charge < -0.3 is 14.4 Å². The highest BCUT2D eigenvalue weighted by Gasteiger charge is 2.19. The van der Waals surface area contributed by atoms with Gasteiger partial charge >= 0.3 is 0 Å². The van der Waals surface area contributed by atoms with E-state index in [1.807, 2.05) is 53.4 Å². The predicted molar refractivity (Wildman–Crippen MR) is 107 cm³/mol. The van der Waals surface area contributed by atoms with Crippen LogP contribution in [0.2, 0.25) is 0 Å². The number of ether oxygens (including phenoxy) is 2. The molecule has 2 aliphatic rings. The summed E-state index contributed by atoms with van der Waals surface area (Å²) >= 11 is 4.88. The summed E-state index contributed by atoms with van der Waals surface area (Å²) < 4.78 is 14.2. The second kappa shape index (κ2) is 6.54. The van der Waals surface area contributed by atoms with Crippen LogP contribution in [-0.4, -0.2) is 18.0 Å². The summed E-state index contributed by atoms with van der Waals surface area (Å²) in [7, 11) is 0. The van der Waals surface area contributed by atoms with E-state index in [0.717, 1.165) is 32.0 Å². The van der Waals surface area contributed by atoms with E-state index in [2.05, 4.69) is 20.9 Å². The van der Waals surface area contributed by atoms with E-state index in [1.165, 1.54) is 11.3 Å². The molecule has 0 N–H and O–H groups in total. The van der Waals surface area contributed by atoms with Crippen molar-refractivity contribution < 1.29 is 9.47 Å². The Morgan fingerprint density at radius 1 is 1.15 bits per heavy atom. The van der Waals surface area contributed by atoms with E-state index in [1.54, 1.807) is 4.57 Å². The lowest BCUT2D eigenvalue weighted by molar-refractivity contribution is 0.174. The fourth-order valence-electron chi connectivity index (χ4n) is 3.10. The number of thiazole rings is 1. The van der Waals surface area contributed by atoms with Crippen LogP contribution in [0.3, 0.4) is 0 Å². The number of nitrogens with zero attached hydrogens (tertiary/aromatic N) is 3. The minimum Gasteiger partial charge on any atom is -0.454 e. The molecule has 0 spiro atoms. The van der Waals surface area contributed by atoms with E-state index >= 15 is 0 Å². The van der Waals surface area contributed by atoms with Gasteiger partial charge in [-0.25, -0.2) is 4.99 Å². The summed E-state index contributed by atoms with van der Waals surface area (Å²) in [4.78, 5) is 20.2. The van der Waals surface area contributed by atoms with Crippen molar-refractivity contribution in [1.29, 1.82) is 0 Å². The van der Waals surface area contributed by atoms with Gasteiger partial charge in [-0.2, -0.15) is 0 Å². The fraction of sp³-hybridized carbons (Fsp3) is 0.158. The average molecular weight is 444 g/mol. The molecule has 0 unspecified atom stereocenters. The Balaban J connectivity index is 1.50. The van der Waals surface area contributed by atoms with Gasteiger partial charge in [0.05, 0.1) is 4.53 Å². The molecular weight excluding hydrogens is 430 g/mol. The van der Waals surface area contributed by atoms with Crippen molar-refractivity contribution in [1.82, 2.24) is 4.57 Å². The average Bonchev–Trinajstić information content (AvgIpc) is 3.26. The molecule has 0 saturated carbocycles. The van der Waals surface area contributed by atoms with Gasteiger partial charge in [0.2, 0.25) is 6.79 Å². The van der Waals surface area contributed by atoms with Crippen LogP contribution in [0.4, 0.5) is 5.69 Å². The summed E-state index contributed by atoms with van der Waals surface area (Å²) in [5, 5.41) is 0. The summed E-state index contributed by atoms with van der Waals surface area (Å²) in [6.45, 7) is 1.20. The number of aromatic nitrogens is 1. The van der Waals surface area contributed by atoms with Crippen molar-refractivity contribution in [3.05, 3.63) is 72.2 Å². The maximum atomic E-state index is 12.9. The van der Waals surface area contributed by atoms with Crippen LogP contribution in [0.15, 0.2) is 56.7 Å². The highest BCUT2D eigenvalue weighted by molar-refractivity contribution is 9.10. The lowest BCUT2D eigenvalue weighted by atomic mass is 10.2. The first-order valence-electron chi connectivity index (χ1n) is 8.33. The number of hydrogen-bond donors (Lipinski definition) is 0. The minimum atomic E-state index is -0.0239. The largest absolute Gasteiger partial charge is 0.454 e. The molecule has 2 aromatic carbocycles. The molecule has 8 heteroatoms. The first-order chi connectivity index (χ1) is 13.2. The van der Waals surface area contributed by atoms with E-state index in [-0.39, 0.29) is 12.4 Å². The molecule has 0 bridgehead atoms. The Hall–Kier alpha value is -2.58. The quantitative estimate of drug-likeness (QED) is 0.609. The van der Waals surface area contributed by atoms with E-state index in [0.29, 0.717) is 17.9 Å². The Labute approximate surface area is 166 Å². The van der Waals surface area contributed by atoms with Gasteiger partial charge in [0.1, 0.15) is 13.3 Å². The number of benzene rings is 2. The molecule has 3 heterocycles. The van der Waals surface area contributed by atoms with Gasteiger partial charge in [-0.1, -0.05) is 39.4 Å². The summed E-state index contributed by atoms with van der Waals surface area (Å²) in [5.41, 5.74) is 1.90. The monoisotopic (exact) mass is 443 g/mol. The Bertz CT molecular complexity index is 1220. The molecule has 0 atom stereocenters. The topological polar surface area (TPSA) is 56.1 Å². The minimum absolute atomic E-state index is 0.0239. The molecule has 1 aromatic heterocycles. The zero-order chi connectivity index (χ0) is 18.4. The Kier molecular flexibility index (Phi) is 4.02. The molecule has 0 saturated heterocycles. The van der Waals surface area contributed by atoms with E-state index in [9.17, 15) is 4.79 Å². The van der Waals surface area contributed by atoms with Gasteiger partial charge in [-0.05, 0) is 35.9 Å². The molecule has 2 aliphatic heterocycles. The number of anilines is 1. The van der Waals surface area contributed by atoms with Gasteiger partial charge in [-0.3, -0.25) is 9.36 Å². The third-order valence-corrected chi connectivity index (χ3v) is 5.98. The van der Waals surface area contributed by atoms with Gasteiger partial charge in [0, 0.05) is 16.2 Å². The molecular formula is C19H14BrN3O3S. The standard InChI is InChI=1S/C19H14BrN3O3S/c20-13-3-1-2-12(6-13)7-17-18(24)23-10-22(9-21-19(23)27-17)14-4-5-15-16(8-14)26-11-25-15/h1-8H,9-11H2/b17-7-. The van der Waals surface area contributed by atoms with Crippen LogP contribution in [0.5, 0.6) is 11.5 Å². The number of halogens is 1. The Morgan fingerprint density at radius 3 is 2.93 bits per heavy atom. The number of hydrogen-bond acceptors (Lipinski definition) is 6. The van der Waals surface area contributed by atoms with E-state index in [4.69, 9.17) is 9.47 Å². The summed E-state index contributed by atoms with van der Waals surface area (Å²) in [5.74, 6) is 1.46. The van der Waals surface area contributed by atoms with Gasteiger partial charge in [0.15, 0.2) is 16.3 Å². The van der Waals surface area contributed by atoms with Crippen molar-refractivity contribution >= 4 is 39.0 Å². The maximum Gasteiger partial charge on any atom is 0.271 e. The molecule has 136 valence electrons. The van der Waals surface area contributed by atoms with Crippen LogP contribution in [-0.2, 0) is 6.67 Å². The van der Waals surface area contributed by atoms with Crippen LogP contribution >= 0.6 is 27.3 Å². The lowest BCUT2D eigenvalue weighted by Gasteiger charge is -2.25. The van der Waals surface area contributed by atoms with Crippen LogP contribution in [0, 0.1) is 0 Å². The maximum absolute atomic E-state index is 12.9. The first kappa shape index (κ1) is 16.6. The van der Waals surface area contributed by atoms with E-state index < -0.39 is 0 Å². The molecule has 5 rings (SSSR count). The summed E-state index contributed by atoms with van der Waals surface area (Å²) in [6, 6.07) is 13.6. The Morgan fingerprint density at radius 2 is 2.04 bits per heavy atom. The molecule has 0 fully saturated rings. The summed E-state index contributed by atoms with van der Waals surface area (Å²) in [6.07, 6.45) is 1.91. The van der Waals surface area contributed by atoms with Crippen molar-refractivity contribution in [2.45, 2.75) is 6.67 Å². The van der Waals surface area contributed by atoms with Crippen molar-refractivity contribution in [3.8, 4) is 11.5 Å². The predicted octanol–water partition coefficient (Wildman–Crippen LogP) is 2.28. The number of rotatable bonds is 2. The van der Waals surface area contributed by atoms with Crippen molar-refractivity contribution in [3.63, 3.8) is 0 Å². The normalized spacial score (nSPS) is 15.6. The van der Waals surface area contributed by atoms with Gasteiger partial charge in [-0.15, -0.1) is 0 Å². The second-order valence-corrected chi connectivity index (χ2v) is 8.12. The van der Waals surface area contributed by atoms with Crippen molar-refractivity contribution in [2.24, 2.45) is 4.99 Å². The van der Waals surface area contributed by atoms with Crippen LogP contribution in [0.1, 0.15) is 5.56 Å². The molecule has 0 amide bonds. The lowest BCUT2D eigenvalue weighted by Crippen LogP contribution is -2.42. The highest BCUT2D eigenvalue weighted by Crippen LogP contribution is 2.35. The van der Waals surface area contributed by atoms with Crippen molar-refractivity contribution in [2.75, 3.05) is 18.4 Å². The van der Waals surface area contributed by atoms with Crippen LogP contribution in [0.25, 0.3) is 6.08 Å². The fourth-order valence-corrected chi connectivity index (χ4v) is 4.48.